The molecule has 0 atom stereocenters. The van der Waals surface area contributed by atoms with Crippen LogP contribution < -0.4 is 0 Å². The molecule has 0 spiro atoms. The predicted molar refractivity (Wildman–Crippen MR) is 80.2 cm³/mol. The second-order valence-corrected chi connectivity index (χ2v) is 6.27. The zero-order valence-electron chi connectivity index (χ0n) is 8.79. The molecule has 2 aromatic carbocycles. The van der Waals surface area contributed by atoms with Gasteiger partial charge in [-0.15, -0.1) is 11.8 Å². The number of rotatable bonds is 3. The van der Waals surface area contributed by atoms with Gasteiger partial charge in [-0.3, -0.25) is 0 Å². The first-order chi connectivity index (χ1) is 8.15. The van der Waals surface area contributed by atoms with Crippen LogP contribution in [0.3, 0.4) is 0 Å². The summed E-state index contributed by atoms with van der Waals surface area (Å²) in [5.74, 6) is 0.887. The molecule has 0 radical (unpaired) electrons. The van der Waals surface area contributed by atoms with Crippen LogP contribution in [0.5, 0.6) is 0 Å². The summed E-state index contributed by atoms with van der Waals surface area (Å²) in [5, 5.41) is 1.21. The van der Waals surface area contributed by atoms with E-state index in [1.807, 2.05) is 30.3 Å². The fourth-order valence-electron chi connectivity index (χ4n) is 1.33. The van der Waals surface area contributed by atoms with Crippen molar-refractivity contribution in [2.45, 2.75) is 10.6 Å². The summed E-state index contributed by atoms with van der Waals surface area (Å²) in [4.78, 5) is 1.24. The van der Waals surface area contributed by atoms with Crippen LogP contribution in [-0.4, -0.2) is 0 Å². The van der Waals surface area contributed by atoms with Gasteiger partial charge in [-0.1, -0.05) is 45.2 Å². The molecule has 0 aliphatic heterocycles. The van der Waals surface area contributed by atoms with Crippen LogP contribution in [0.1, 0.15) is 5.56 Å². The first-order valence-electron chi connectivity index (χ1n) is 4.97. The van der Waals surface area contributed by atoms with Crippen molar-refractivity contribution in [2.75, 3.05) is 0 Å². The second-order valence-electron chi connectivity index (χ2n) is 3.49. The molecule has 0 saturated carbocycles. The summed E-state index contributed by atoms with van der Waals surface area (Å²) in [7, 11) is 0. The summed E-state index contributed by atoms with van der Waals surface area (Å²) in [5.41, 5.74) is 1.17. The third-order valence-corrected chi connectivity index (χ3v) is 4.55. The number of benzene rings is 2. The van der Waals surface area contributed by atoms with Gasteiger partial charge in [0, 0.05) is 15.1 Å². The highest BCUT2D eigenvalue weighted by Crippen LogP contribution is 2.28. The Morgan fingerprint density at radius 1 is 0.941 bits per heavy atom. The maximum Gasteiger partial charge on any atom is 0.0595 e. The van der Waals surface area contributed by atoms with Crippen LogP contribution in [0.2, 0.25) is 10.0 Å². The Balaban J connectivity index is 2.02. The Bertz CT molecular complexity index is 511. The third kappa shape index (κ3) is 3.92. The van der Waals surface area contributed by atoms with E-state index in [4.69, 9.17) is 23.2 Å². The standard InChI is InChI=1S/C13H9BrCl2S/c14-10-2-4-11(5-3-10)17-8-9-1-6-12(15)13(16)7-9/h1-7H,8H2. The Kier molecular flexibility index (Phi) is 4.80. The highest BCUT2D eigenvalue weighted by Gasteiger charge is 2.00. The van der Waals surface area contributed by atoms with Crippen LogP contribution >= 0.6 is 50.9 Å². The Morgan fingerprint density at radius 2 is 1.65 bits per heavy atom. The van der Waals surface area contributed by atoms with E-state index < -0.39 is 0 Å². The van der Waals surface area contributed by atoms with Gasteiger partial charge in [-0.2, -0.15) is 0 Å². The van der Waals surface area contributed by atoms with Gasteiger partial charge in [0.1, 0.15) is 0 Å². The maximum absolute atomic E-state index is 5.97. The van der Waals surface area contributed by atoms with Crippen molar-refractivity contribution in [1.29, 1.82) is 0 Å². The first kappa shape index (κ1) is 13.3. The highest BCUT2D eigenvalue weighted by atomic mass is 79.9. The summed E-state index contributed by atoms with van der Waals surface area (Å²) >= 11 is 17.0. The minimum atomic E-state index is 0.601. The Hall–Kier alpha value is -0.150. The number of hydrogen-bond acceptors (Lipinski definition) is 1. The zero-order chi connectivity index (χ0) is 12.3. The van der Waals surface area contributed by atoms with Gasteiger partial charge < -0.3 is 0 Å². The van der Waals surface area contributed by atoms with Crippen molar-refractivity contribution in [1.82, 2.24) is 0 Å². The van der Waals surface area contributed by atoms with E-state index in [-0.39, 0.29) is 0 Å². The van der Waals surface area contributed by atoms with Crippen molar-refractivity contribution in [3.63, 3.8) is 0 Å². The Morgan fingerprint density at radius 3 is 2.29 bits per heavy atom. The summed E-state index contributed by atoms with van der Waals surface area (Å²) < 4.78 is 1.09. The normalized spacial score (nSPS) is 10.5. The third-order valence-electron chi connectivity index (χ3n) is 2.20. The van der Waals surface area contributed by atoms with Crippen molar-refractivity contribution in [3.8, 4) is 0 Å². The molecule has 0 nitrogen and oxygen atoms in total. The van der Waals surface area contributed by atoms with E-state index in [9.17, 15) is 0 Å². The van der Waals surface area contributed by atoms with Gasteiger partial charge in [0.15, 0.2) is 0 Å². The van der Waals surface area contributed by atoms with E-state index >= 15 is 0 Å². The fourth-order valence-corrected chi connectivity index (χ4v) is 2.75. The molecule has 0 heterocycles. The van der Waals surface area contributed by atoms with Crippen LogP contribution in [0.15, 0.2) is 51.8 Å². The number of halogens is 3. The number of thioether (sulfide) groups is 1. The SMILES string of the molecule is Clc1ccc(CSc2ccc(Br)cc2)cc1Cl. The molecule has 0 aliphatic carbocycles. The molecule has 0 bridgehead atoms. The highest BCUT2D eigenvalue weighted by molar-refractivity contribution is 9.10. The molecule has 0 fully saturated rings. The fraction of sp³-hybridized carbons (Fsp3) is 0.0769. The average Bonchev–Trinajstić information content (AvgIpc) is 2.33. The summed E-state index contributed by atoms with van der Waals surface area (Å²) in [6.07, 6.45) is 0. The average molecular weight is 348 g/mol. The largest absolute Gasteiger partial charge is 0.121 e. The molecule has 0 aliphatic rings. The first-order valence-corrected chi connectivity index (χ1v) is 7.51. The van der Waals surface area contributed by atoms with Crippen LogP contribution in [-0.2, 0) is 5.75 Å². The quantitative estimate of drug-likeness (QED) is 0.609. The number of hydrogen-bond donors (Lipinski definition) is 0. The van der Waals surface area contributed by atoms with Gasteiger partial charge >= 0.3 is 0 Å². The van der Waals surface area contributed by atoms with E-state index in [0.717, 1.165) is 10.2 Å². The second kappa shape index (κ2) is 6.14. The van der Waals surface area contributed by atoms with E-state index in [1.165, 1.54) is 10.5 Å². The minimum Gasteiger partial charge on any atom is -0.121 e. The molecule has 0 N–H and O–H groups in total. The topological polar surface area (TPSA) is 0 Å². The summed E-state index contributed by atoms with van der Waals surface area (Å²) in [6.45, 7) is 0. The summed E-state index contributed by atoms with van der Waals surface area (Å²) in [6, 6.07) is 14.0. The molecule has 4 heteroatoms. The van der Waals surface area contributed by atoms with Crippen LogP contribution in [0, 0.1) is 0 Å². The van der Waals surface area contributed by atoms with E-state index in [1.54, 1.807) is 11.8 Å². The lowest BCUT2D eigenvalue weighted by molar-refractivity contribution is 1.38. The van der Waals surface area contributed by atoms with Crippen molar-refractivity contribution in [3.05, 3.63) is 62.5 Å². The lowest BCUT2D eigenvalue weighted by atomic mass is 10.2. The zero-order valence-corrected chi connectivity index (χ0v) is 12.7. The van der Waals surface area contributed by atoms with Crippen LogP contribution in [0.4, 0.5) is 0 Å². The van der Waals surface area contributed by atoms with Crippen LogP contribution in [0.25, 0.3) is 0 Å². The van der Waals surface area contributed by atoms with Crippen molar-refractivity contribution < 1.29 is 0 Å². The van der Waals surface area contributed by atoms with Gasteiger partial charge in [0.05, 0.1) is 10.0 Å². The molecule has 0 aromatic heterocycles. The van der Waals surface area contributed by atoms with E-state index in [0.29, 0.717) is 10.0 Å². The van der Waals surface area contributed by atoms with Gasteiger partial charge in [-0.05, 0) is 42.0 Å². The molecule has 0 amide bonds. The molecule has 0 saturated heterocycles. The molecule has 0 unspecified atom stereocenters. The lowest BCUT2D eigenvalue weighted by Gasteiger charge is -2.04. The van der Waals surface area contributed by atoms with E-state index in [2.05, 4.69) is 28.1 Å². The van der Waals surface area contributed by atoms with Gasteiger partial charge in [0.25, 0.3) is 0 Å². The molecule has 17 heavy (non-hydrogen) atoms. The molecular formula is C13H9BrCl2S. The maximum atomic E-state index is 5.97. The lowest BCUT2D eigenvalue weighted by Crippen LogP contribution is -1.81. The minimum absolute atomic E-state index is 0.601. The molecule has 2 rings (SSSR count). The smallest absolute Gasteiger partial charge is 0.0595 e. The molecular weight excluding hydrogens is 339 g/mol. The molecule has 2 aromatic rings. The monoisotopic (exact) mass is 346 g/mol. The van der Waals surface area contributed by atoms with Gasteiger partial charge in [-0.25, -0.2) is 0 Å². The van der Waals surface area contributed by atoms with Crippen molar-refractivity contribution in [2.24, 2.45) is 0 Å². The predicted octanol–water partition coefficient (Wildman–Crippen LogP) is 6.05. The Labute approximate surface area is 123 Å². The van der Waals surface area contributed by atoms with Crippen molar-refractivity contribution >= 4 is 50.9 Å². The van der Waals surface area contributed by atoms with Gasteiger partial charge in [0.2, 0.25) is 0 Å². The molecule has 88 valence electrons.